The van der Waals surface area contributed by atoms with Gasteiger partial charge in [0.1, 0.15) is 17.6 Å². The van der Waals surface area contributed by atoms with Crippen LogP contribution >= 0.6 is 0 Å². The van der Waals surface area contributed by atoms with Crippen molar-refractivity contribution in [3.63, 3.8) is 0 Å². The molecule has 0 heterocycles. The first kappa shape index (κ1) is 24.4. The van der Waals surface area contributed by atoms with Crippen molar-refractivity contribution in [1.82, 2.24) is 5.32 Å². The molecule has 0 aliphatic rings. The van der Waals surface area contributed by atoms with Crippen molar-refractivity contribution in [2.45, 2.75) is 19.9 Å². The van der Waals surface area contributed by atoms with Crippen molar-refractivity contribution in [3.8, 4) is 5.75 Å². The van der Waals surface area contributed by atoms with E-state index in [4.69, 9.17) is 4.74 Å². The third-order valence-electron chi connectivity index (χ3n) is 5.12. The van der Waals surface area contributed by atoms with Gasteiger partial charge in [0.25, 0.3) is 11.8 Å². The minimum Gasteiger partial charge on any atom is -0.497 e. The number of rotatable bonds is 8. The molecule has 3 rings (SSSR count). The van der Waals surface area contributed by atoms with E-state index in [-0.39, 0.29) is 17.4 Å². The molecule has 0 bridgehead atoms. The van der Waals surface area contributed by atoms with Crippen molar-refractivity contribution in [1.29, 1.82) is 0 Å². The highest BCUT2D eigenvalue weighted by molar-refractivity contribution is 6.05. The average Bonchev–Trinajstić information content (AvgIpc) is 2.83. The first-order chi connectivity index (χ1) is 16.3. The summed E-state index contributed by atoms with van der Waals surface area (Å²) in [5.74, 6) is -1.65. The fourth-order valence-corrected chi connectivity index (χ4v) is 3.20. The topological polar surface area (TPSA) is 96.5 Å². The molecule has 0 aliphatic heterocycles. The number of carbonyl (C=O) groups excluding carboxylic acids is 3. The lowest BCUT2D eigenvalue weighted by atomic mass is 10.0. The summed E-state index contributed by atoms with van der Waals surface area (Å²) in [6.07, 6.45) is 0. The molecule has 0 spiro atoms. The Labute approximate surface area is 197 Å². The predicted octanol–water partition coefficient (Wildman–Crippen LogP) is 4.48. The molecule has 3 aromatic rings. The number of ether oxygens (including phenoxy) is 1. The molecule has 0 saturated carbocycles. The van der Waals surface area contributed by atoms with E-state index in [1.165, 1.54) is 18.2 Å². The SMILES string of the molecule is COc1ccc(NC(=O)c2ccc(NC(=O)[C@H](NC(=O)c3ccccc3F)C(C)C)cc2)cc1. The van der Waals surface area contributed by atoms with Gasteiger partial charge in [-0.3, -0.25) is 14.4 Å². The molecular formula is C26H26FN3O4. The smallest absolute Gasteiger partial charge is 0.255 e. The zero-order chi connectivity index (χ0) is 24.7. The zero-order valence-electron chi connectivity index (χ0n) is 19.1. The number of methoxy groups -OCH3 is 1. The Morgan fingerprint density at radius 3 is 1.97 bits per heavy atom. The summed E-state index contributed by atoms with van der Waals surface area (Å²) in [7, 11) is 1.56. The van der Waals surface area contributed by atoms with E-state index in [0.29, 0.717) is 22.7 Å². The molecule has 0 fully saturated rings. The van der Waals surface area contributed by atoms with Crippen molar-refractivity contribution in [2.75, 3.05) is 17.7 Å². The maximum Gasteiger partial charge on any atom is 0.255 e. The van der Waals surface area contributed by atoms with Crippen LogP contribution in [0.15, 0.2) is 72.8 Å². The second kappa shape index (κ2) is 11.1. The summed E-state index contributed by atoms with van der Waals surface area (Å²) in [4.78, 5) is 37.7. The summed E-state index contributed by atoms with van der Waals surface area (Å²) in [6, 6.07) is 18.0. The molecule has 0 saturated heterocycles. The molecule has 3 N–H and O–H groups in total. The minimum absolute atomic E-state index is 0.131. The highest BCUT2D eigenvalue weighted by Crippen LogP contribution is 2.17. The van der Waals surface area contributed by atoms with Crippen LogP contribution in [-0.2, 0) is 4.79 Å². The Hall–Kier alpha value is -4.20. The fraction of sp³-hybridized carbons (Fsp3) is 0.192. The highest BCUT2D eigenvalue weighted by Gasteiger charge is 2.25. The van der Waals surface area contributed by atoms with Gasteiger partial charge < -0.3 is 20.7 Å². The van der Waals surface area contributed by atoms with Crippen molar-refractivity contribution < 1.29 is 23.5 Å². The van der Waals surface area contributed by atoms with Gasteiger partial charge in [-0.15, -0.1) is 0 Å². The van der Waals surface area contributed by atoms with Gasteiger partial charge >= 0.3 is 0 Å². The monoisotopic (exact) mass is 463 g/mol. The molecule has 176 valence electrons. The van der Waals surface area contributed by atoms with Gasteiger partial charge in [0, 0.05) is 16.9 Å². The lowest BCUT2D eigenvalue weighted by Gasteiger charge is -2.22. The Bertz CT molecular complexity index is 1160. The summed E-state index contributed by atoms with van der Waals surface area (Å²) >= 11 is 0. The largest absolute Gasteiger partial charge is 0.497 e. The molecule has 1 atom stereocenters. The standard InChI is InChI=1S/C26H26FN3O4/c1-16(2)23(30-25(32)21-6-4-5-7-22(21)27)26(33)29-18-10-8-17(9-11-18)24(31)28-19-12-14-20(34-3)15-13-19/h4-16,23H,1-3H3,(H,28,31)(H,29,33)(H,30,32)/t23-/m1/s1. The van der Waals surface area contributed by atoms with Crippen LogP contribution in [-0.4, -0.2) is 30.9 Å². The van der Waals surface area contributed by atoms with Gasteiger partial charge in [0.2, 0.25) is 5.91 Å². The maximum absolute atomic E-state index is 13.9. The molecule has 34 heavy (non-hydrogen) atoms. The Morgan fingerprint density at radius 2 is 1.38 bits per heavy atom. The molecule has 8 heteroatoms. The van der Waals surface area contributed by atoms with E-state index in [9.17, 15) is 18.8 Å². The quantitative estimate of drug-likeness (QED) is 0.459. The average molecular weight is 464 g/mol. The molecule has 0 aliphatic carbocycles. The Morgan fingerprint density at radius 1 is 0.794 bits per heavy atom. The first-order valence-corrected chi connectivity index (χ1v) is 10.7. The second-order valence-corrected chi connectivity index (χ2v) is 7.92. The van der Waals surface area contributed by atoms with Crippen LogP contribution in [0, 0.1) is 11.7 Å². The van der Waals surface area contributed by atoms with Gasteiger partial charge in [0.15, 0.2) is 0 Å². The zero-order valence-corrected chi connectivity index (χ0v) is 19.1. The number of amides is 3. The van der Waals surface area contributed by atoms with E-state index < -0.39 is 23.7 Å². The van der Waals surface area contributed by atoms with E-state index >= 15 is 0 Å². The van der Waals surface area contributed by atoms with Crippen molar-refractivity contribution in [3.05, 3.63) is 89.7 Å². The number of carbonyl (C=O) groups is 3. The minimum atomic E-state index is -0.884. The molecule has 3 amide bonds. The lowest BCUT2D eigenvalue weighted by molar-refractivity contribution is -0.118. The normalized spacial score (nSPS) is 11.4. The molecule has 0 radical (unpaired) electrons. The van der Waals surface area contributed by atoms with Gasteiger partial charge in [-0.2, -0.15) is 0 Å². The second-order valence-electron chi connectivity index (χ2n) is 7.92. The fourth-order valence-electron chi connectivity index (χ4n) is 3.20. The van der Waals surface area contributed by atoms with Gasteiger partial charge in [0.05, 0.1) is 12.7 Å². The number of hydrogen-bond acceptors (Lipinski definition) is 4. The van der Waals surface area contributed by atoms with Crippen LogP contribution in [0.5, 0.6) is 5.75 Å². The van der Waals surface area contributed by atoms with Crippen LogP contribution in [0.1, 0.15) is 34.6 Å². The number of benzene rings is 3. The molecule has 7 nitrogen and oxygen atoms in total. The highest BCUT2D eigenvalue weighted by atomic mass is 19.1. The van der Waals surface area contributed by atoms with E-state index in [1.807, 2.05) is 0 Å². The lowest BCUT2D eigenvalue weighted by Crippen LogP contribution is -2.47. The summed E-state index contributed by atoms with van der Waals surface area (Å²) in [6.45, 7) is 3.55. The number of hydrogen-bond donors (Lipinski definition) is 3. The van der Waals surface area contributed by atoms with E-state index in [2.05, 4.69) is 16.0 Å². The first-order valence-electron chi connectivity index (χ1n) is 10.7. The number of anilines is 2. The molecule has 0 aromatic heterocycles. The van der Waals surface area contributed by atoms with E-state index in [0.717, 1.165) is 0 Å². The summed E-state index contributed by atoms with van der Waals surface area (Å²) in [5, 5.41) is 8.11. The number of halogens is 1. The summed E-state index contributed by atoms with van der Waals surface area (Å²) in [5.41, 5.74) is 1.35. The molecule has 3 aromatic carbocycles. The predicted molar refractivity (Wildman–Crippen MR) is 129 cm³/mol. The van der Waals surface area contributed by atoms with Crippen LogP contribution in [0.4, 0.5) is 15.8 Å². The molecular weight excluding hydrogens is 437 g/mol. The van der Waals surface area contributed by atoms with Crippen LogP contribution in [0.25, 0.3) is 0 Å². The maximum atomic E-state index is 13.9. The van der Waals surface area contributed by atoms with Crippen LogP contribution in [0.2, 0.25) is 0 Å². The van der Waals surface area contributed by atoms with Crippen molar-refractivity contribution >= 4 is 29.1 Å². The Kier molecular flexibility index (Phi) is 7.97. The van der Waals surface area contributed by atoms with Crippen molar-refractivity contribution in [2.24, 2.45) is 5.92 Å². The van der Waals surface area contributed by atoms with Crippen LogP contribution in [0.3, 0.4) is 0 Å². The van der Waals surface area contributed by atoms with Crippen LogP contribution < -0.4 is 20.7 Å². The number of nitrogens with one attached hydrogen (secondary N) is 3. The van der Waals surface area contributed by atoms with Gasteiger partial charge in [-0.1, -0.05) is 26.0 Å². The summed E-state index contributed by atoms with van der Waals surface area (Å²) < 4.78 is 19.0. The Balaban J connectivity index is 1.63. The third-order valence-corrected chi connectivity index (χ3v) is 5.12. The third kappa shape index (κ3) is 6.19. The van der Waals surface area contributed by atoms with E-state index in [1.54, 1.807) is 75.6 Å². The van der Waals surface area contributed by atoms with Gasteiger partial charge in [-0.25, -0.2) is 4.39 Å². The molecule has 0 unspecified atom stereocenters. The van der Waals surface area contributed by atoms with Gasteiger partial charge in [-0.05, 0) is 66.6 Å².